The van der Waals surface area contributed by atoms with E-state index in [0.29, 0.717) is 30.2 Å². The maximum absolute atomic E-state index is 13.0. The van der Waals surface area contributed by atoms with Crippen molar-refractivity contribution < 1.29 is 9.53 Å². The maximum atomic E-state index is 13.0. The van der Waals surface area contributed by atoms with Gasteiger partial charge >= 0.3 is 0 Å². The van der Waals surface area contributed by atoms with Gasteiger partial charge in [0.05, 0.1) is 6.61 Å². The number of rotatable bonds is 7. The normalized spacial score (nSPS) is 26.8. The van der Waals surface area contributed by atoms with Crippen molar-refractivity contribution >= 4 is 11.9 Å². The van der Waals surface area contributed by atoms with Crippen LogP contribution in [0.5, 0.6) is 0 Å². The molecule has 178 valence electrons. The van der Waals surface area contributed by atoms with Gasteiger partial charge in [0.15, 0.2) is 0 Å². The number of piperidine rings is 1. The Morgan fingerprint density at radius 2 is 2.16 bits per heavy atom. The van der Waals surface area contributed by atoms with Gasteiger partial charge in [-0.25, -0.2) is 9.97 Å². The van der Waals surface area contributed by atoms with Crippen LogP contribution in [0.25, 0.3) is 0 Å². The van der Waals surface area contributed by atoms with Crippen LogP contribution in [0.3, 0.4) is 0 Å². The molecule has 1 aromatic rings. The number of amides is 1. The summed E-state index contributed by atoms with van der Waals surface area (Å²) in [6, 6.07) is 0.531. The van der Waals surface area contributed by atoms with E-state index in [1.807, 2.05) is 18.1 Å². The van der Waals surface area contributed by atoms with Crippen molar-refractivity contribution in [3.8, 4) is 0 Å². The number of likely N-dealkylation sites (N-methyl/N-ethyl adjacent to an activating group) is 1. The highest BCUT2D eigenvalue weighted by Gasteiger charge is 2.40. The number of likely N-dealkylation sites (tertiary alicyclic amines) is 1. The third kappa shape index (κ3) is 5.77. The second-order valence-corrected chi connectivity index (χ2v) is 9.86. The van der Waals surface area contributed by atoms with Crippen LogP contribution < -0.4 is 5.73 Å². The minimum Gasteiger partial charge on any atom is -0.380 e. The predicted octanol–water partition coefficient (Wildman–Crippen LogP) is 1.44. The number of carbonyl (C=O) groups is 1. The second kappa shape index (κ2) is 10.9. The third-order valence-corrected chi connectivity index (χ3v) is 7.47. The molecule has 32 heavy (non-hydrogen) atoms. The summed E-state index contributed by atoms with van der Waals surface area (Å²) in [5.74, 6) is 1.59. The maximum Gasteiger partial charge on any atom is 0.222 e. The molecule has 2 fully saturated rings. The molecule has 3 aliphatic rings. The molecular formula is C24H40N6O2. The molecule has 0 bridgehead atoms. The zero-order chi connectivity index (χ0) is 22.5. The van der Waals surface area contributed by atoms with Crippen molar-refractivity contribution in [2.45, 2.75) is 51.5 Å². The summed E-state index contributed by atoms with van der Waals surface area (Å²) in [6.07, 6.45) is 7.81. The zero-order valence-corrected chi connectivity index (χ0v) is 19.8. The molecule has 4 rings (SSSR count). The van der Waals surface area contributed by atoms with Gasteiger partial charge in [0.2, 0.25) is 11.9 Å². The Labute approximate surface area is 192 Å². The fraction of sp³-hybridized carbons (Fsp3) is 0.792. The SMILES string of the molecule is CCCN1C[C@@H](CC(=O)N(C)CCN2CCCOCC2)C[C@@H]2Cc3nc(N)ncc3C[C@H]21. The Kier molecular flexibility index (Phi) is 7.97. The molecule has 0 unspecified atom stereocenters. The van der Waals surface area contributed by atoms with Crippen LogP contribution in [0.1, 0.15) is 43.9 Å². The monoisotopic (exact) mass is 444 g/mol. The lowest BCUT2D eigenvalue weighted by atomic mass is 9.73. The Morgan fingerprint density at radius 3 is 3.00 bits per heavy atom. The van der Waals surface area contributed by atoms with Gasteiger partial charge in [-0.3, -0.25) is 14.6 Å². The Hall–Kier alpha value is -1.77. The van der Waals surface area contributed by atoms with E-state index in [9.17, 15) is 4.79 Å². The van der Waals surface area contributed by atoms with E-state index in [1.165, 1.54) is 5.56 Å². The van der Waals surface area contributed by atoms with E-state index in [4.69, 9.17) is 10.5 Å². The van der Waals surface area contributed by atoms with E-state index in [0.717, 1.165) is 90.3 Å². The van der Waals surface area contributed by atoms with Crippen LogP contribution in [0, 0.1) is 11.8 Å². The van der Waals surface area contributed by atoms with E-state index >= 15 is 0 Å². The first-order valence-electron chi connectivity index (χ1n) is 12.4. The van der Waals surface area contributed by atoms with Crippen molar-refractivity contribution in [1.29, 1.82) is 0 Å². The summed E-state index contributed by atoms with van der Waals surface area (Å²) in [5, 5.41) is 0. The van der Waals surface area contributed by atoms with Gasteiger partial charge in [-0.05, 0) is 56.0 Å². The molecule has 3 heterocycles. The van der Waals surface area contributed by atoms with E-state index in [-0.39, 0.29) is 5.91 Å². The Balaban J connectivity index is 1.34. The minimum absolute atomic E-state index is 0.277. The molecule has 8 nitrogen and oxygen atoms in total. The van der Waals surface area contributed by atoms with Crippen LogP contribution >= 0.6 is 0 Å². The number of fused-ring (bicyclic) bond motifs is 2. The predicted molar refractivity (Wildman–Crippen MR) is 125 cm³/mol. The van der Waals surface area contributed by atoms with E-state index in [1.54, 1.807) is 0 Å². The highest BCUT2D eigenvalue weighted by molar-refractivity contribution is 5.76. The number of nitrogens with zero attached hydrogens (tertiary/aromatic N) is 5. The number of nitrogen functional groups attached to an aromatic ring is 1. The average molecular weight is 445 g/mol. The third-order valence-electron chi connectivity index (χ3n) is 7.47. The van der Waals surface area contributed by atoms with Gasteiger partial charge in [0.1, 0.15) is 0 Å². The van der Waals surface area contributed by atoms with Crippen molar-refractivity contribution in [2.75, 3.05) is 65.3 Å². The topological polar surface area (TPSA) is 87.8 Å². The summed E-state index contributed by atoms with van der Waals surface area (Å²) in [5.41, 5.74) is 8.21. The van der Waals surface area contributed by atoms with Crippen LogP contribution in [-0.2, 0) is 22.4 Å². The number of carbonyl (C=O) groups excluding carboxylic acids is 1. The largest absolute Gasteiger partial charge is 0.380 e. The fourth-order valence-corrected chi connectivity index (χ4v) is 5.75. The molecule has 0 aromatic carbocycles. The Morgan fingerprint density at radius 1 is 1.28 bits per heavy atom. The highest BCUT2D eigenvalue weighted by atomic mass is 16.5. The number of nitrogens with two attached hydrogens (primary N) is 1. The molecule has 0 radical (unpaired) electrons. The number of hydrogen-bond donors (Lipinski definition) is 1. The lowest BCUT2D eigenvalue weighted by Crippen LogP contribution is -2.53. The average Bonchev–Trinajstić information content (AvgIpc) is 3.05. The van der Waals surface area contributed by atoms with Gasteiger partial charge < -0.3 is 15.4 Å². The van der Waals surface area contributed by atoms with Crippen molar-refractivity contribution in [1.82, 2.24) is 24.7 Å². The summed E-state index contributed by atoms with van der Waals surface area (Å²) >= 11 is 0. The van der Waals surface area contributed by atoms with Gasteiger partial charge in [-0.15, -0.1) is 0 Å². The van der Waals surface area contributed by atoms with Crippen molar-refractivity contribution in [3.05, 3.63) is 17.5 Å². The first kappa shape index (κ1) is 23.4. The van der Waals surface area contributed by atoms with Crippen molar-refractivity contribution in [3.63, 3.8) is 0 Å². The quantitative estimate of drug-likeness (QED) is 0.681. The number of anilines is 1. The molecule has 3 atom stereocenters. The molecule has 8 heteroatoms. The van der Waals surface area contributed by atoms with Crippen LogP contribution in [0.4, 0.5) is 5.95 Å². The smallest absolute Gasteiger partial charge is 0.222 e. The molecule has 2 aliphatic heterocycles. The lowest BCUT2D eigenvalue weighted by molar-refractivity contribution is -0.132. The molecule has 1 amide bonds. The molecule has 0 spiro atoms. The van der Waals surface area contributed by atoms with E-state index in [2.05, 4.69) is 26.7 Å². The standard InChI is InChI=1S/C24H40N6O2/c1-3-5-30-17-18(12-19-14-21-20(15-22(19)30)16-26-24(25)27-21)13-23(31)28(2)7-8-29-6-4-10-32-11-9-29/h16,18-19,22H,3-15,17H2,1-2H3,(H2,25,26,27)/t18-,19-,22-/m1/s1. The van der Waals surface area contributed by atoms with Crippen LogP contribution in [0.15, 0.2) is 6.20 Å². The molecule has 1 aromatic heterocycles. The van der Waals surface area contributed by atoms with Gasteiger partial charge in [0.25, 0.3) is 0 Å². The highest BCUT2D eigenvalue weighted by Crippen LogP contribution is 2.37. The molecule has 2 N–H and O–H groups in total. The van der Waals surface area contributed by atoms with Crippen molar-refractivity contribution in [2.24, 2.45) is 11.8 Å². The van der Waals surface area contributed by atoms with Crippen LogP contribution in [0.2, 0.25) is 0 Å². The zero-order valence-electron chi connectivity index (χ0n) is 19.8. The number of aromatic nitrogens is 2. The number of hydrogen-bond acceptors (Lipinski definition) is 7. The molecule has 0 saturated carbocycles. The minimum atomic E-state index is 0.277. The molecule has 2 saturated heterocycles. The van der Waals surface area contributed by atoms with E-state index < -0.39 is 0 Å². The van der Waals surface area contributed by atoms with Gasteiger partial charge in [-0.2, -0.15) is 0 Å². The van der Waals surface area contributed by atoms with Gasteiger partial charge in [0, 0.05) is 70.7 Å². The second-order valence-electron chi connectivity index (χ2n) is 9.86. The summed E-state index contributed by atoms with van der Waals surface area (Å²) in [4.78, 5) is 28.8. The fourth-order valence-electron chi connectivity index (χ4n) is 5.75. The van der Waals surface area contributed by atoms with Gasteiger partial charge in [-0.1, -0.05) is 6.92 Å². The summed E-state index contributed by atoms with van der Waals surface area (Å²) in [6.45, 7) is 9.76. The Bertz CT molecular complexity index is 767. The summed E-state index contributed by atoms with van der Waals surface area (Å²) < 4.78 is 5.54. The summed E-state index contributed by atoms with van der Waals surface area (Å²) in [7, 11) is 1.96. The van der Waals surface area contributed by atoms with Crippen LogP contribution in [-0.4, -0.2) is 96.1 Å². The number of ether oxygens (including phenoxy) is 1. The first-order chi connectivity index (χ1) is 15.5. The first-order valence-corrected chi connectivity index (χ1v) is 12.4. The molecule has 1 aliphatic carbocycles. The lowest BCUT2D eigenvalue weighted by Gasteiger charge is -2.47. The molecular weight excluding hydrogens is 404 g/mol.